The number of thiazole rings is 1. The van der Waals surface area contributed by atoms with Gasteiger partial charge in [0.2, 0.25) is 0 Å². The Balaban J connectivity index is 1.98. The number of rotatable bonds is 5. The summed E-state index contributed by atoms with van der Waals surface area (Å²) in [6.45, 7) is 3.53. The van der Waals surface area contributed by atoms with Crippen molar-refractivity contribution in [2.24, 2.45) is 0 Å². The Morgan fingerprint density at radius 2 is 2.00 bits per heavy atom. The van der Waals surface area contributed by atoms with Crippen LogP contribution in [0.3, 0.4) is 0 Å². The second-order valence-corrected chi connectivity index (χ2v) is 5.45. The normalized spacial score (nSPS) is 10.8. The van der Waals surface area contributed by atoms with Gasteiger partial charge in [-0.1, -0.05) is 30.3 Å². The van der Waals surface area contributed by atoms with Gasteiger partial charge < -0.3 is 0 Å². The molecule has 0 N–H and O–H groups in total. The van der Waals surface area contributed by atoms with E-state index >= 15 is 0 Å². The summed E-state index contributed by atoms with van der Waals surface area (Å²) in [4.78, 5) is 18.1. The lowest BCUT2D eigenvalue weighted by atomic mass is 10.2. The lowest BCUT2D eigenvalue weighted by Crippen LogP contribution is -2.16. The maximum Gasteiger partial charge on any atom is 0.161 e. The summed E-state index contributed by atoms with van der Waals surface area (Å²) in [6.07, 6.45) is 0.883. The number of aromatic nitrogens is 1. The van der Waals surface area contributed by atoms with Crippen LogP contribution < -0.4 is 0 Å². The third-order valence-corrected chi connectivity index (χ3v) is 3.75. The number of benzene rings is 1. The van der Waals surface area contributed by atoms with Crippen LogP contribution in [0, 0.1) is 6.92 Å². The van der Waals surface area contributed by atoms with E-state index in [4.69, 9.17) is 0 Å². The molecule has 2 aromatic rings. The first kappa shape index (κ1) is 12.9. The molecule has 1 aromatic heterocycles. The van der Waals surface area contributed by atoms with E-state index in [0.29, 0.717) is 0 Å². The molecular weight excluding hydrogens is 244 g/mol. The van der Waals surface area contributed by atoms with Gasteiger partial charge in [-0.05, 0) is 19.5 Å². The molecule has 2 rings (SSSR count). The van der Waals surface area contributed by atoms with Crippen LogP contribution in [0.15, 0.2) is 30.3 Å². The van der Waals surface area contributed by atoms with Crippen molar-refractivity contribution in [1.29, 1.82) is 0 Å². The molecular formula is C14H16N2OS. The Bertz CT molecular complexity index is 522. The van der Waals surface area contributed by atoms with Gasteiger partial charge in [0.15, 0.2) is 6.29 Å². The van der Waals surface area contributed by atoms with Crippen molar-refractivity contribution in [3.8, 4) is 0 Å². The van der Waals surface area contributed by atoms with Crippen LogP contribution in [0.5, 0.6) is 0 Å². The molecule has 0 radical (unpaired) electrons. The topological polar surface area (TPSA) is 33.2 Å². The summed E-state index contributed by atoms with van der Waals surface area (Å²) in [5.41, 5.74) is 2.11. The lowest BCUT2D eigenvalue weighted by Gasteiger charge is -2.14. The summed E-state index contributed by atoms with van der Waals surface area (Å²) in [6, 6.07) is 10.3. The predicted molar refractivity (Wildman–Crippen MR) is 73.9 cm³/mol. The first-order valence-electron chi connectivity index (χ1n) is 5.83. The number of carbonyl (C=O) groups excluding carboxylic acids is 1. The Morgan fingerprint density at radius 1 is 1.28 bits per heavy atom. The summed E-state index contributed by atoms with van der Waals surface area (Å²) in [5, 5.41) is 0.994. The van der Waals surface area contributed by atoms with Crippen LogP contribution in [0.4, 0.5) is 0 Å². The van der Waals surface area contributed by atoms with E-state index in [0.717, 1.165) is 35.0 Å². The van der Waals surface area contributed by atoms with E-state index < -0.39 is 0 Å². The monoisotopic (exact) mass is 260 g/mol. The van der Waals surface area contributed by atoms with Crippen LogP contribution in [0.1, 0.15) is 25.9 Å². The zero-order valence-electron chi connectivity index (χ0n) is 10.6. The minimum atomic E-state index is 0.734. The van der Waals surface area contributed by atoms with Gasteiger partial charge in [-0.3, -0.25) is 9.69 Å². The zero-order valence-corrected chi connectivity index (χ0v) is 11.4. The maximum atomic E-state index is 10.8. The molecule has 1 aromatic carbocycles. The molecule has 0 bridgehead atoms. The third-order valence-electron chi connectivity index (χ3n) is 2.68. The number of nitrogens with zero attached hydrogens (tertiary/aromatic N) is 2. The highest BCUT2D eigenvalue weighted by Gasteiger charge is 2.09. The smallest absolute Gasteiger partial charge is 0.161 e. The minimum Gasteiger partial charge on any atom is -0.297 e. The SMILES string of the molecule is Cc1nc(CN(C)Cc2ccccc2)sc1C=O. The van der Waals surface area contributed by atoms with Crippen LogP contribution in [0.2, 0.25) is 0 Å². The number of aryl methyl sites for hydroxylation is 1. The van der Waals surface area contributed by atoms with Crippen molar-refractivity contribution < 1.29 is 4.79 Å². The molecule has 0 spiro atoms. The summed E-state index contributed by atoms with van der Waals surface area (Å²) < 4.78 is 0. The van der Waals surface area contributed by atoms with Gasteiger partial charge in [0, 0.05) is 6.54 Å². The molecule has 1 heterocycles. The quantitative estimate of drug-likeness (QED) is 0.775. The average Bonchev–Trinajstić information content (AvgIpc) is 2.70. The fraction of sp³-hybridized carbons (Fsp3) is 0.286. The van der Waals surface area contributed by atoms with Crippen molar-refractivity contribution in [1.82, 2.24) is 9.88 Å². The van der Waals surface area contributed by atoms with E-state index in [2.05, 4.69) is 29.1 Å². The first-order valence-corrected chi connectivity index (χ1v) is 6.64. The fourth-order valence-electron chi connectivity index (χ4n) is 1.82. The van der Waals surface area contributed by atoms with Crippen LogP contribution in [0.25, 0.3) is 0 Å². The van der Waals surface area contributed by atoms with E-state index in [1.54, 1.807) is 0 Å². The Hall–Kier alpha value is -1.52. The second kappa shape index (κ2) is 5.89. The molecule has 4 heteroatoms. The Kier molecular flexibility index (Phi) is 4.23. The van der Waals surface area contributed by atoms with Gasteiger partial charge >= 0.3 is 0 Å². The second-order valence-electron chi connectivity index (χ2n) is 4.33. The molecule has 0 aliphatic rings. The van der Waals surface area contributed by atoms with Gasteiger partial charge in [-0.2, -0.15) is 0 Å². The molecule has 3 nitrogen and oxygen atoms in total. The largest absolute Gasteiger partial charge is 0.297 e. The molecule has 18 heavy (non-hydrogen) atoms. The van der Waals surface area contributed by atoms with Gasteiger partial charge in [-0.25, -0.2) is 4.98 Å². The fourth-order valence-corrected chi connectivity index (χ4v) is 2.79. The number of carbonyl (C=O) groups is 1. The highest BCUT2D eigenvalue weighted by atomic mass is 32.1. The van der Waals surface area contributed by atoms with Crippen LogP contribution in [-0.2, 0) is 13.1 Å². The van der Waals surface area contributed by atoms with Crippen molar-refractivity contribution >= 4 is 17.6 Å². The predicted octanol–water partition coefficient (Wildman–Crippen LogP) is 2.90. The highest BCUT2D eigenvalue weighted by molar-refractivity contribution is 7.13. The van der Waals surface area contributed by atoms with Crippen molar-refractivity contribution in [2.45, 2.75) is 20.0 Å². The van der Waals surface area contributed by atoms with Crippen molar-refractivity contribution in [3.63, 3.8) is 0 Å². The van der Waals surface area contributed by atoms with Gasteiger partial charge in [0.1, 0.15) is 5.01 Å². The number of hydrogen-bond donors (Lipinski definition) is 0. The van der Waals surface area contributed by atoms with E-state index in [1.165, 1.54) is 16.9 Å². The van der Waals surface area contributed by atoms with Crippen molar-refractivity contribution in [3.05, 3.63) is 51.5 Å². The van der Waals surface area contributed by atoms with Gasteiger partial charge in [-0.15, -0.1) is 11.3 Å². The van der Waals surface area contributed by atoms with Crippen molar-refractivity contribution in [2.75, 3.05) is 7.05 Å². The molecule has 0 saturated carbocycles. The summed E-state index contributed by atoms with van der Waals surface area (Å²) in [5.74, 6) is 0. The lowest BCUT2D eigenvalue weighted by molar-refractivity contribution is 0.112. The zero-order chi connectivity index (χ0) is 13.0. The van der Waals surface area contributed by atoms with Crippen LogP contribution >= 0.6 is 11.3 Å². The Morgan fingerprint density at radius 3 is 2.61 bits per heavy atom. The highest BCUT2D eigenvalue weighted by Crippen LogP contribution is 2.17. The standard InChI is InChI=1S/C14H16N2OS/c1-11-13(10-17)18-14(15-11)9-16(2)8-12-6-4-3-5-7-12/h3-7,10H,8-9H2,1-2H3. The van der Waals surface area contributed by atoms with E-state index in [1.807, 2.05) is 25.1 Å². The molecule has 0 atom stereocenters. The number of hydrogen-bond acceptors (Lipinski definition) is 4. The van der Waals surface area contributed by atoms with Gasteiger partial charge in [0.25, 0.3) is 0 Å². The summed E-state index contributed by atoms with van der Waals surface area (Å²) >= 11 is 1.48. The molecule has 0 saturated heterocycles. The summed E-state index contributed by atoms with van der Waals surface area (Å²) in [7, 11) is 2.06. The minimum absolute atomic E-state index is 0.734. The van der Waals surface area contributed by atoms with E-state index in [-0.39, 0.29) is 0 Å². The first-order chi connectivity index (χ1) is 8.69. The van der Waals surface area contributed by atoms with Gasteiger partial charge in [0.05, 0.1) is 17.1 Å². The van der Waals surface area contributed by atoms with Crippen LogP contribution in [-0.4, -0.2) is 23.2 Å². The molecule has 0 aliphatic carbocycles. The maximum absolute atomic E-state index is 10.8. The molecule has 0 aliphatic heterocycles. The molecule has 0 amide bonds. The average molecular weight is 260 g/mol. The van der Waals surface area contributed by atoms with E-state index in [9.17, 15) is 4.79 Å². The molecule has 0 unspecified atom stereocenters. The molecule has 94 valence electrons. The third kappa shape index (κ3) is 3.24. The molecule has 0 fully saturated rings. The number of aldehydes is 1. The Labute approximate surface area is 111 Å².